The molecule has 1 N–H and O–H groups in total. The van der Waals surface area contributed by atoms with Crippen LogP contribution in [0.1, 0.15) is 46.1 Å². The van der Waals surface area contributed by atoms with Gasteiger partial charge in [-0.1, -0.05) is 18.3 Å². The van der Waals surface area contributed by atoms with E-state index in [-0.39, 0.29) is 11.8 Å². The van der Waals surface area contributed by atoms with Crippen LogP contribution in [0.4, 0.5) is 10.9 Å². The molecule has 144 valence electrons. The molecular weight excluding hydrogens is 374 g/mol. The highest BCUT2D eigenvalue weighted by atomic mass is 32.1. The van der Waals surface area contributed by atoms with Gasteiger partial charge in [-0.25, -0.2) is 9.97 Å². The summed E-state index contributed by atoms with van der Waals surface area (Å²) in [6, 6.07) is 5.46. The first-order valence-electron chi connectivity index (χ1n) is 9.26. The maximum absolute atomic E-state index is 12.6. The van der Waals surface area contributed by atoms with Crippen LogP contribution in [0.15, 0.2) is 30.6 Å². The van der Waals surface area contributed by atoms with E-state index in [4.69, 9.17) is 0 Å². The van der Waals surface area contributed by atoms with Crippen molar-refractivity contribution in [2.75, 3.05) is 18.4 Å². The van der Waals surface area contributed by atoms with Gasteiger partial charge in [0.2, 0.25) is 5.13 Å². The molecule has 3 aromatic rings. The zero-order valence-corrected chi connectivity index (χ0v) is 16.6. The smallest absolute Gasteiger partial charge is 0.255 e. The molecule has 1 aliphatic rings. The second-order valence-corrected chi connectivity index (χ2v) is 7.77. The van der Waals surface area contributed by atoms with Crippen LogP contribution in [0, 0.1) is 6.92 Å². The van der Waals surface area contributed by atoms with Crippen LogP contribution >= 0.6 is 11.3 Å². The van der Waals surface area contributed by atoms with Gasteiger partial charge in [-0.05, 0) is 31.9 Å². The topological polar surface area (TPSA) is 96.8 Å². The third-order valence-corrected chi connectivity index (χ3v) is 5.61. The molecule has 0 spiro atoms. The lowest BCUT2D eigenvalue weighted by Gasteiger charge is -2.16. The van der Waals surface area contributed by atoms with E-state index in [1.54, 1.807) is 24.5 Å². The monoisotopic (exact) mass is 395 g/mol. The summed E-state index contributed by atoms with van der Waals surface area (Å²) in [5.41, 5.74) is 1.49. The van der Waals surface area contributed by atoms with E-state index in [1.807, 2.05) is 17.9 Å². The Morgan fingerprint density at radius 2 is 2.25 bits per heavy atom. The van der Waals surface area contributed by atoms with Gasteiger partial charge in [0.25, 0.3) is 5.91 Å². The molecule has 9 heteroatoms. The van der Waals surface area contributed by atoms with Crippen molar-refractivity contribution in [2.24, 2.45) is 0 Å². The Morgan fingerprint density at radius 1 is 1.36 bits per heavy atom. The second kappa shape index (κ2) is 7.97. The van der Waals surface area contributed by atoms with Gasteiger partial charge in [0, 0.05) is 43.2 Å². The van der Waals surface area contributed by atoms with Gasteiger partial charge < -0.3 is 10.2 Å². The molecule has 1 unspecified atom stereocenters. The average molecular weight is 395 g/mol. The summed E-state index contributed by atoms with van der Waals surface area (Å²) in [5.74, 6) is 1.58. The van der Waals surface area contributed by atoms with E-state index >= 15 is 0 Å². The largest absolute Gasteiger partial charge is 0.338 e. The highest BCUT2D eigenvalue weighted by Crippen LogP contribution is 2.28. The number of anilines is 2. The molecule has 0 radical (unpaired) electrons. The van der Waals surface area contributed by atoms with Gasteiger partial charge >= 0.3 is 0 Å². The van der Waals surface area contributed by atoms with E-state index in [0.29, 0.717) is 24.5 Å². The summed E-state index contributed by atoms with van der Waals surface area (Å²) in [6.07, 6.45) is 4.97. The summed E-state index contributed by atoms with van der Waals surface area (Å²) < 4.78 is 0. The number of rotatable bonds is 5. The Bertz CT molecular complexity index is 975. The minimum absolute atomic E-state index is 0.00237. The summed E-state index contributed by atoms with van der Waals surface area (Å²) in [6.45, 7) is 5.29. The van der Waals surface area contributed by atoms with Crippen molar-refractivity contribution in [3.05, 3.63) is 52.7 Å². The lowest BCUT2D eigenvalue weighted by atomic mass is 10.1. The van der Waals surface area contributed by atoms with Crippen LogP contribution in [0.3, 0.4) is 0 Å². The second-order valence-electron chi connectivity index (χ2n) is 6.71. The number of nitrogens with one attached hydrogen (secondary N) is 1. The van der Waals surface area contributed by atoms with E-state index < -0.39 is 0 Å². The summed E-state index contributed by atoms with van der Waals surface area (Å²) in [7, 11) is 0. The maximum atomic E-state index is 12.6. The van der Waals surface area contributed by atoms with Crippen molar-refractivity contribution in [1.82, 2.24) is 30.0 Å². The minimum Gasteiger partial charge on any atom is -0.338 e. The van der Waals surface area contributed by atoms with Crippen molar-refractivity contribution in [3.63, 3.8) is 0 Å². The molecule has 8 nitrogen and oxygen atoms in total. The van der Waals surface area contributed by atoms with E-state index in [2.05, 4.69) is 37.4 Å². The fourth-order valence-electron chi connectivity index (χ4n) is 3.22. The molecule has 0 bridgehead atoms. The quantitative estimate of drug-likeness (QED) is 0.709. The van der Waals surface area contributed by atoms with Crippen LogP contribution in [0.25, 0.3) is 0 Å². The number of aromatic nitrogens is 5. The normalized spacial score (nSPS) is 16.4. The number of pyridine rings is 1. The third-order valence-electron chi connectivity index (χ3n) is 4.62. The number of nitrogens with zero attached hydrogens (tertiary/aromatic N) is 6. The Hall–Kier alpha value is -2.94. The van der Waals surface area contributed by atoms with Crippen LogP contribution in [-0.4, -0.2) is 49.0 Å². The summed E-state index contributed by atoms with van der Waals surface area (Å²) in [5, 5.41) is 13.2. The van der Waals surface area contributed by atoms with Gasteiger partial charge in [0.05, 0.1) is 5.56 Å². The van der Waals surface area contributed by atoms with Crippen LogP contribution in [-0.2, 0) is 6.42 Å². The van der Waals surface area contributed by atoms with Gasteiger partial charge in [-0.3, -0.25) is 9.78 Å². The number of amides is 1. The standard InChI is InChI=1S/C19H21N7OS/c1-3-16-24-25-19(28-16)23-15-9-12(2)21-17(22-15)14-6-8-26(11-14)18(27)13-5-4-7-20-10-13/h4-5,7,9-10,14H,3,6,8,11H2,1-2H3,(H,21,22,23,25). The molecule has 1 atom stereocenters. The average Bonchev–Trinajstić information content (AvgIpc) is 3.37. The number of carbonyl (C=O) groups is 1. The SMILES string of the molecule is CCc1nnc(Nc2cc(C)nc(C3CCN(C(=O)c4cccnc4)C3)n2)s1. The van der Waals surface area contributed by atoms with Crippen molar-refractivity contribution < 1.29 is 4.79 Å². The van der Waals surface area contributed by atoms with Gasteiger partial charge in [0.15, 0.2) is 0 Å². The Kier molecular flexibility index (Phi) is 5.25. The molecule has 28 heavy (non-hydrogen) atoms. The summed E-state index contributed by atoms with van der Waals surface area (Å²) >= 11 is 1.52. The Morgan fingerprint density at radius 3 is 3.00 bits per heavy atom. The van der Waals surface area contributed by atoms with Crippen LogP contribution < -0.4 is 5.32 Å². The molecule has 0 aromatic carbocycles. The number of carbonyl (C=O) groups excluding carboxylic acids is 1. The Labute approximate surface area is 167 Å². The number of aryl methyl sites for hydroxylation is 2. The molecule has 1 amide bonds. The first kappa shape index (κ1) is 18.4. The van der Waals surface area contributed by atoms with E-state index in [9.17, 15) is 4.79 Å². The fraction of sp³-hybridized carbons (Fsp3) is 0.368. The van der Waals surface area contributed by atoms with Crippen molar-refractivity contribution in [1.29, 1.82) is 0 Å². The minimum atomic E-state index is 0.00237. The highest BCUT2D eigenvalue weighted by Gasteiger charge is 2.30. The van der Waals surface area contributed by atoms with Crippen molar-refractivity contribution >= 4 is 28.2 Å². The zero-order valence-electron chi connectivity index (χ0n) is 15.8. The highest BCUT2D eigenvalue weighted by molar-refractivity contribution is 7.15. The lowest BCUT2D eigenvalue weighted by Crippen LogP contribution is -2.28. The predicted octanol–water partition coefficient (Wildman–Crippen LogP) is 2.97. The number of likely N-dealkylation sites (tertiary alicyclic amines) is 1. The third kappa shape index (κ3) is 3.99. The molecule has 3 aromatic heterocycles. The Balaban J connectivity index is 1.48. The van der Waals surface area contributed by atoms with Crippen LogP contribution in [0.2, 0.25) is 0 Å². The maximum Gasteiger partial charge on any atom is 0.255 e. The van der Waals surface area contributed by atoms with Gasteiger partial charge in [-0.15, -0.1) is 10.2 Å². The molecule has 0 aliphatic carbocycles. The predicted molar refractivity (Wildman–Crippen MR) is 107 cm³/mol. The van der Waals surface area contributed by atoms with Crippen molar-refractivity contribution in [2.45, 2.75) is 32.6 Å². The number of hydrogen-bond donors (Lipinski definition) is 1. The fourth-order valence-corrected chi connectivity index (χ4v) is 3.91. The van der Waals surface area contributed by atoms with Gasteiger partial charge in [-0.2, -0.15) is 0 Å². The molecule has 0 saturated carbocycles. The van der Waals surface area contributed by atoms with Crippen LogP contribution in [0.5, 0.6) is 0 Å². The molecule has 1 saturated heterocycles. The first-order chi connectivity index (χ1) is 13.6. The first-order valence-corrected chi connectivity index (χ1v) is 10.1. The molecule has 4 heterocycles. The molecular formula is C19H21N7OS. The molecule has 1 fully saturated rings. The summed E-state index contributed by atoms with van der Waals surface area (Å²) in [4.78, 5) is 27.8. The van der Waals surface area contributed by atoms with Crippen molar-refractivity contribution in [3.8, 4) is 0 Å². The molecule has 1 aliphatic heterocycles. The lowest BCUT2D eigenvalue weighted by molar-refractivity contribution is 0.0790. The van der Waals surface area contributed by atoms with E-state index in [0.717, 1.165) is 34.5 Å². The van der Waals surface area contributed by atoms with Gasteiger partial charge in [0.1, 0.15) is 16.6 Å². The zero-order chi connectivity index (χ0) is 19.5. The van der Waals surface area contributed by atoms with E-state index in [1.165, 1.54) is 11.3 Å². The number of hydrogen-bond acceptors (Lipinski definition) is 8. The molecule has 4 rings (SSSR count).